The number of nitrogens with one attached hydrogen (secondary N) is 1. The number of carbonyl (C=O) groups is 1. The second kappa shape index (κ2) is 5.63. The molecule has 0 bridgehead atoms. The number of aryl methyl sites for hydroxylation is 2. The fourth-order valence-corrected chi connectivity index (χ4v) is 2.09. The van der Waals surface area contributed by atoms with Crippen LogP contribution in [0.2, 0.25) is 10.0 Å². The second-order valence-electron chi connectivity index (χ2n) is 4.07. The maximum Gasteiger partial charge on any atom is 0.273 e. The van der Waals surface area contributed by atoms with Crippen LogP contribution >= 0.6 is 23.2 Å². The van der Waals surface area contributed by atoms with Crippen molar-refractivity contribution in [3.63, 3.8) is 0 Å². The van der Waals surface area contributed by atoms with Gasteiger partial charge < -0.3 is 5.32 Å². The molecule has 4 nitrogen and oxygen atoms in total. The normalized spacial score (nSPS) is 10.5. The molecule has 0 spiro atoms. The summed E-state index contributed by atoms with van der Waals surface area (Å²) in [5.74, 6) is -0.258. The Kier molecular flexibility index (Phi) is 4.12. The van der Waals surface area contributed by atoms with Crippen LogP contribution < -0.4 is 5.32 Å². The Morgan fingerprint density at radius 1 is 1.37 bits per heavy atom. The van der Waals surface area contributed by atoms with Crippen molar-refractivity contribution in [2.75, 3.05) is 5.32 Å². The average Bonchev–Trinajstić information content (AvgIpc) is 2.75. The highest BCUT2D eigenvalue weighted by molar-refractivity contribution is 6.35. The number of amides is 1. The number of nitrogens with zero attached hydrogens (tertiary/aromatic N) is 2. The molecule has 0 aliphatic rings. The van der Waals surface area contributed by atoms with Crippen molar-refractivity contribution in [1.82, 2.24) is 9.78 Å². The molecule has 0 aliphatic carbocycles. The summed E-state index contributed by atoms with van der Waals surface area (Å²) in [6.07, 6.45) is 0. The van der Waals surface area contributed by atoms with Gasteiger partial charge in [0.1, 0.15) is 5.69 Å². The summed E-state index contributed by atoms with van der Waals surface area (Å²) in [4.78, 5) is 12.2. The molecule has 0 fully saturated rings. The van der Waals surface area contributed by atoms with Crippen LogP contribution in [0.1, 0.15) is 23.1 Å². The van der Waals surface area contributed by atoms with Crippen molar-refractivity contribution >= 4 is 34.8 Å². The number of halogens is 2. The number of hydrogen-bond acceptors (Lipinski definition) is 2. The van der Waals surface area contributed by atoms with Crippen molar-refractivity contribution < 1.29 is 4.79 Å². The molecule has 0 aliphatic heterocycles. The second-order valence-corrected chi connectivity index (χ2v) is 4.91. The van der Waals surface area contributed by atoms with Crippen LogP contribution in [0.15, 0.2) is 24.3 Å². The average molecular weight is 298 g/mol. The van der Waals surface area contributed by atoms with Crippen molar-refractivity contribution in [3.05, 3.63) is 45.7 Å². The molecule has 100 valence electrons. The first-order chi connectivity index (χ1) is 9.01. The van der Waals surface area contributed by atoms with E-state index in [4.69, 9.17) is 23.2 Å². The van der Waals surface area contributed by atoms with Crippen LogP contribution in [-0.4, -0.2) is 15.7 Å². The highest BCUT2D eigenvalue weighted by Gasteiger charge is 2.14. The summed E-state index contributed by atoms with van der Waals surface area (Å²) < 4.78 is 1.64. The lowest BCUT2D eigenvalue weighted by molar-refractivity contribution is 0.101. The van der Waals surface area contributed by atoms with Gasteiger partial charge in [-0.25, -0.2) is 0 Å². The van der Waals surface area contributed by atoms with E-state index in [1.54, 1.807) is 28.9 Å². The van der Waals surface area contributed by atoms with Crippen LogP contribution in [0.25, 0.3) is 0 Å². The molecule has 1 aromatic carbocycles. The first kappa shape index (κ1) is 13.9. The van der Waals surface area contributed by atoms with Gasteiger partial charge in [0.2, 0.25) is 0 Å². The van der Waals surface area contributed by atoms with Crippen LogP contribution in [0.4, 0.5) is 5.69 Å². The van der Waals surface area contributed by atoms with Crippen LogP contribution in [0.3, 0.4) is 0 Å². The number of benzene rings is 1. The molecule has 1 heterocycles. The SMILES string of the molecule is CCn1nc(C)cc1C(=O)Nc1cc(Cl)ccc1Cl. The Morgan fingerprint density at radius 2 is 2.11 bits per heavy atom. The van der Waals surface area contributed by atoms with E-state index in [-0.39, 0.29) is 5.91 Å². The minimum absolute atomic E-state index is 0.258. The maximum atomic E-state index is 12.2. The van der Waals surface area contributed by atoms with Gasteiger partial charge in [-0.3, -0.25) is 9.48 Å². The standard InChI is InChI=1S/C13H13Cl2N3O/c1-3-18-12(6-8(2)17-18)13(19)16-11-7-9(14)4-5-10(11)15/h4-7H,3H2,1-2H3,(H,16,19). The van der Waals surface area contributed by atoms with Gasteiger partial charge in [-0.1, -0.05) is 23.2 Å². The molecule has 6 heteroatoms. The highest BCUT2D eigenvalue weighted by atomic mass is 35.5. The van der Waals surface area contributed by atoms with E-state index in [2.05, 4.69) is 10.4 Å². The number of carbonyl (C=O) groups excluding carboxylic acids is 1. The molecule has 1 N–H and O–H groups in total. The Labute approximate surface area is 121 Å². The number of aromatic nitrogens is 2. The van der Waals surface area contributed by atoms with Crippen LogP contribution in [0, 0.1) is 6.92 Å². The lowest BCUT2D eigenvalue weighted by Crippen LogP contribution is -2.17. The van der Waals surface area contributed by atoms with Crippen molar-refractivity contribution in [3.8, 4) is 0 Å². The molecule has 2 rings (SSSR count). The molecular weight excluding hydrogens is 285 g/mol. The third kappa shape index (κ3) is 3.08. The largest absolute Gasteiger partial charge is 0.319 e. The fraction of sp³-hybridized carbons (Fsp3) is 0.231. The predicted octanol–water partition coefficient (Wildman–Crippen LogP) is 3.77. The molecule has 1 amide bonds. The summed E-state index contributed by atoms with van der Waals surface area (Å²) in [7, 11) is 0. The zero-order valence-corrected chi connectivity index (χ0v) is 12.1. The molecule has 0 radical (unpaired) electrons. The molecule has 0 saturated heterocycles. The first-order valence-corrected chi connectivity index (χ1v) is 6.57. The van der Waals surface area contributed by atoms with E-state index in [1.807, 2.05) is 13.8 Å². The predicted molar refractivity (Wildman–Crippen MR) is 77.1 cm³/mol. The van der Waals surface area contributed by atoms with Gasteiger partial charge in [0.25, 0.3) is 5.91 Å². The fourth-order valence-electron chi connectivity index (χ4n) is 1.75. The van der Waals surface area contributed by atoms with Gasteiger partial charge >= 0.3 is 0 Å². The minimum Gasteiger partial charge on any atom is -0.319 e. The van der Waals surface area contributed by atoms with Crippen LogP contribution in [0.5, 0.6) is 0 Å². The quantitative estimate of drug-likeness (QED) is 0.937. The van der Waals surface area contributed by atoms with Crippen molar-refractivity contribution in [1.29, 1.82) is 0 Å². The van der Waals surface area contributed by atoms with Gasteiger partial charge in [0.15, 0.2) is 0 Å². The molecule has 19 heavy (non-hydrogen) atoms. The zero-order chi connectivity index (χ0) is 14.0. The van der Waals surface area contributed by atoms with Gasteiger partial charge in [0, 0.05) is 11.6 Å². The number of anilines is 1. The summed E-state index contributed by atoms with van der Waals surface area (Å²) in [5, 5.41) is 7.92. The minimum atomic E-state index is -0.258. The summed E-state index contributed by atoms with van der Waals surface area (Å²) in [6.45, 7) is 4.39. The van der Waals surface area contributed by atoms with E-state index in [0.717, 1.165) is 5.69 Å². The van der Waals surface area contributed by atoms with Gasteiger partial charge in [-0.2, -0.15) is 5.10 Å². The third-order valence-electron chi connectivity index (χ3n) is 2.61. The van der Waals surface area contributed by atoms with E-state index in [1.165, 1.54) is 0 Å². The van der Waals surface area contributed by atoms with E-state index in [0.29, 0.717) is 28.0 Å². The topological polar surface area (TPSA) is 46.9 Å². The van der Waals surface area contributed by atoms with E-state index < -0.39 is 0 Å². The highest BCUT2D eigenvalue weighted by Crippen LogP contribution is 2.25. The zero-order valence-electron chi connectivity index (χ0n) is 10.6. The lowest BCUT2D eigenvalue weighted by atomic mass is 10.3. The molecule has 2 aromatic rings. The number of rotatable bonds is 3. The molecule has 0 atom stereocenters. The van der Waals surface area contributed by atoms with Gasteiger partial charge in [-0.05, 0) is 38.1 Å². The Hall–Kier alpha value is -1.52. The van der Waals surface area contributed by atoms with Gasteiger partial charge in [-0.15, -0.1) is 0 Å². The molecular formula is C13H13Cl2N3O. The summed E-state index contributed by atoms with van der Waals surface area (Å²) >= 11 is 11.9. The smallest absolute Gasteiger partial charge is 0.273 e. The monoisotopic (exact) mass is 297 g/mol. The van der Waals surface area contributed by atoms with Crippen molar-refractivity contribution in [2.45, 2.75) is 20.4 Å². The Balaban J connectivity index is 2.27. The molecule has 0 unspecified atom stereocenters. The summed E-state index contributed by atoms with van der Waals surface area (Å²) in [6, 6.07) is 6.65. The van der Waals surface area contributed by atoms with Crippen molar-refractivity contribution in [2.24, 2.45) is 0 Å². The Bertz CT molecular complexity index is 622. The first-order valence-electron chi connectivity index (χ1n) is 5.82. The summed E-state index contributed by atoms with van der Waals surface area (Å²) in [5.41, 5.74) is 1.78. The maximum absolute atomic E-state index is 12.2. The third-order valence-corrected chi connectivity index (χ3v) is 3.18. The lowest BCUT2D eigenvalue weighted by Gasteiger charge is -2.08. The Morgan fingerprint density at radius 3 is 2.79 bits per heavy atom. The van der Waals surface area contributed by atoms with Gasteiger partial charge in [0.05, 0.1) is 16.4 Å². The van der Waals surface area contributed by atoms with Crippen LogP contribution in [-0.2, 0) is 6.54 Å². The molecule has 0 saturated carbocycles. The molecule has 1 aromatic heterocycles. The van der Waals surface area contributed by atoms with E-state index >= 15 is 0 Å². The van der Waals surface area contributed by atoms with E-state index in [9.17, 15) is 4.79 Å². The number of hydrogen-bond donors (Lipinski definition) is 1.